The standard InChI is InChI=1S/C15H24N2O2/c1-2-12-14(18)16-9-5-8-13(16)15(19)17(12)10-11-6-3-4-7-11/h11-13H,2-10H2,1H3. The highest BCUT2D eigenvalue weighted by molar-refractivity contribution is 5.97. The summed E-state index contributed by atoms with van der Waals surface area (Å²) in [4.78, 5) is 28.9. The second-order valence-corrected chi connectivity index (χ2v) is 6.25. The van der Waals surface area contributed by atoms with E-state index in [1.807, 2.05) is 16.7 Å². The van der Waals surface area contributed by atoms with Crippen LogP contribution in [0.25, 0.3) is 0 Å². The zero-order chi connectivity index (χ0) is 13.4. The van der Waals surface area contributed by atoms with Crippen molar-refractivity contribution in [2.45, 2.75) is 64.0 Å². The van der Waals surface area contributed by atoms with Crippen LogP contribution in [-0.4, -0.2) is 46.8 Å². The lowest BCUT2D eigenvalue weighted by atomic mass is 9.99. The normalized spacial score (nSPS) is 32.3. The summed E-state index contributed by atoms with van der Waals surface area (Å²) in [6.45, 7) is 3.62. The van der Waals surface area contributed by atoms with Gasteiger partial charge in [0.2, 0.25) is 11.8 Å². The fraction of sp³-hybridized carbons (Fsp3) is 0.867. The van der Waals surface area contributed by atoms with Gasteiger partial charge in [0.15, 0.2) is 0 Å². The molecule has 2 aliphatic heterocycles. The zero-order valence-corrected chi connectivity index (χ0v) is 11.8. The van der Waals surface area contributed by atoms with Crippen LogP contribution in [0.4, 0.5) is 0 Å². The molecule has 4 heteroatoms. The van der Waals surface area contributed by atoms with E-state index in [9.17, 15) is 9.59 Å². The summed E-state index contributed by atoms with van der Waals surface area (Å²) in [6.07, 6.45) is 7.62. The molecule has 2 unspecified atom stereocenters. The van der Waals surface area contributed by atoms with Gasteiger partial charge in [0.05, 0.1) is 0 Å². The maximum Gasteiger partial charge on any atom is 0.246 e. The van der Waals surface area contributed by atoms with Crippen molar-refractivity contribution in [2.75, 3.05) is 13.1 Å². The third-order valence-corrected chi connectivity index (χ3v) is 5.08. The second kappa shape index (κ2) is 5.14. The summed E-state index contributed by atoms with van der Waals surface area (Å²) in [7, 11) is 0. The van der Waals surface area contributed by atoms with E-state index < -0.39 is 0 Å². The van der Waals surface area contributed by atoms with E-state index in [0.29, 0.717) is 5.92 Å². The molecule has 2 saturated heterocycles. The Labute approximate surface area is 115 Å². The van der Waals surface area contributed by atoms with Gasteiger partial charge in [0.1, 0.15) is 12.1 Å². The van der Waals surface area contributed by atoms with Gasteiger partial charge < -0.3 is 9.80 Å². The van der Waals surface area contributed by atoms with Crippen LogP contribution in [-0.2, 0) is 9.59 Å². The first kappa shape index (κ1) is 12.9. The SMILES string of the molecule is CCC1C(=O)N2CCCC2C(=O)N1CC1CCCC1. The Bertz CT molecular complexity index is 376. The van der Waals surface area contributed by atoms with Gasteiger partial charge >= 0.3 is 0 Å². The molecule has 19 heavy (non-hydrogen) atoms. The molecule has 3 aliphatic rings. The maximum absolute atomic E-state index is 12.6. The topological polar surface area (TPSA) is 40.6 Å². The van der Waals surface area contributed by atoms with Crippen molar-refractivity contribution in [3.63, 3.8) is 0 Å². The Kier molecular flexibility index (Phi) is 3.50. The molecule has 0 N–H and O–H groups in total. The number of nitrogens with zero attached hydrogens (tertiary/aromatic N) is 2. The van der Waals surface area contributed by atoms with Gasteiger partial charge in [-0.15, -0.1) is 0 Å². The van der Waals surface area contributed by atoms with Gasteiger partial charge in [-0.2, -0.15) is 0 Å². The number of hydrogen-bond acceptors (Lipinski definition) is 2. The van der Waals surface area contributed by atoms with Crippen molar-refractivity contribution in [1.29, 1.82) is 0 Å². The van der Waals surface area contributed by atoms with Crippen LogP contribution in [0.15, 0.2) is 0 Å². The van der Waals surface area contributed by atoms with Gasteiger partial charge in [-0.25, -0.2) is 0 Å². The molecule has 1 aliphatic carbocycles. The van der Waals surface area contributed by atoms with Crippen molar-refractivity contribution in [3.05, 3.63) is 0 Å². The molecule has 0 aromatic heterocycles. The predicted octanol–water partition coefficient (Wildman–Crippen LogP) is 1.79. The first-order chi connectivity index (χ1) is 9.22. The minimum atomic E-state index is -0.192. The van der Waals surface area contributed by atoms with Crippen LogP contribution >= 0.6 is 0 Å². The number of carbonyl (C=O) groups is 2. The van der Waals surface area contributed by atoms with Crippen LogP contribution in [0, 0.1) is 5.92 Å². The summed E-state index contributed by atoms with van der Waals surface area (Å²) in [5, 5.41) is 0. The molecular formula is C15H24N2O2. The highest BCUT2D eigenvalue weighted by Gasteiger charge is 2.47. The summed E-state index contributed by atoms with van der Waals surface area (Å²) < 4.78 is 0. The fourth-order valence-electron chi connectivity index (χ4n) is 4.04. The zero-order valence-electron chi connectivity index (χ0n) is 11.8. The lowest BCUT2D eigenvalue weighted by Crippen LogP contribution is -2.63. The Balaban J connectivity index is 1.78. The van der Waals surface area contributed by atoms with E-state index in [4.69, 9.17) is 0 Å². The molecule has 0 radical (unpaired) electrons. The van der Waals surface area contributed by atoms with E-state index in [0.717, 1.165) is 32.4 Å². The molecule has 3 fully saturated rings. The molecule has 4 nitrogen and oxygen atoms in total. The number of fused-ring (bicyclic) bond motifs is 1. The van der Waals surface area contributed by atoms with Crippen molar-refractivity contribution in [3.8, 4) is 0 Å². The smallest absolute Gasteiger partial charge is 0.246 e. The largest absolute Gasteiger partial charge is 0.329 e. The van der Waals surface area contributed by atoms with Gasteiger partial charge in [0.25, 0.3) is 0 Å². The first-order valence-electron chi connectivity index (χ1n) is 7.83. The summed E-state index contributed by atoms with van der Waals surface area (Å²) >= 11 is 0. The third-order valence-electron chi connectivity index (χ3n) is 5.08. The van der Waals surface area contributed by atoms with Crippen molar-refractivity contribution >= 4 is 11.8 Å². The molecule has 2 heterocycles. The van der Waals surface area contributed by atoms with Crippen LogP contribution in [0.2, 0.25) is 0 Å². The van der Waals surface area contributed by atoms with Gasteiger partial charge in [-0.3, -0.25) is 9.59 Å². The number of amides is 2. The lowest BCUT2D eigenvalue weighted by molar-refractivity contribution is -0.160. The Morgan fingerprint density at radius 3 is 2.47 bits per heavy atom. The Hall–Kier alpha value is -1.06. The predicted molar refractivity (Wildman–Crippen MR) is 72.5 cm³/mol. The minimum Gasteiger partial charge on any atom is -0.329 e. The van der Waals surface area contributed by atoms with E-state index in [2.05, 4.69) is 0 Å². The number of rotatable bonds is 3. The highest BCUT2D eigenvalue weighted by atomic mass is 16.2. The first-order valence-corrected chi connectivity index (χ1v) is 7.83. The van der Waals surface area contributed by atoms with Crippen molar-refractivity contribution < 1.29 is 9.59 Å². The fourth-order valence-corrected chi connectivity index (χ4v) is 4.04. The molecule has 0 aromatic carbocycles. The molecule has 0 bridgehead atoms. The summed E-state index contributed by atoms with van der Waals surface area (Å²) in [5.74, 6) is 1.04. The van der Waals surface area contributed by atoms with Gasteiger partial charge in [-0.05, 0) is 38.0 Å². The molecule has 0 spiro atoms. The van der Waals surface area contributed by atoms with E-state index >= 15 is 0 Å². The maximum atomic E-state index is 12.6. The second-order valence-electron chi connectivity index (χ2n) is 6.25. The number of hydrogen-bond donors (Lipinski definition) is 0. The summed E-state index contributed by atoms with van der Waals surface area (Å²) in [5.41, 5.74) is 0. The average Bonchev–Trinajstić information content (AvgIpc) is 3.07. The van der Waals surface area contributed by atoms with E-state index in [1.54, 1.807) is 0 Å². The minimum absolute atomic E-state index is 0.142. The molecule has 1 saturated carbocycles. The molecule has 0 aromatic rings. The average molecular weight is 264 g/mol. The van der Waals surface area contributed by atoms with Gasteiger partial charge in [0, 0.05) is 13.1 Å². The number of piperazine rings is 1. The van der Waals surface area contributed by atoms with Crippen LogP contribution in [0.1, 0.15) is 51.9 Å². The van der Waals surface area contributed by atoms with Crippen molar-refractivity contribution in [1.82, 2.24) is 9.80 Å². The number of carbonyl (C=O) groups excluding carboxylic acids is 2. The molecule has 3 rings (SSSR count). The highest BCUT2D eigenvalue weighted by Crippen LogP contribution is 2.32. The molecule has 106 valence electrons. The molecular weight excluding hydrogens is 240 g/mol. The van der Waals surface area contributed by atoms with E-state index in [-0.39, 0.29) is 23.9 Å². The lowest BCUT2D eigenvalue weighted by Gasteiger charge is -2.43. The van der Waals surface area contributed by atoms with E-state index in [1.165, 1.54) is 25.7 Å². The Morgan fingerprint density at radius 1 is 1.05 bits per heavy atom. The van der Waals surface area contributed by atoms with Crippen LogP contribution in [0.3, 0.4) is 0 Å². The Morgan fingerprint density at radius 2 is 1.79 bits per heavy atom. The summed E-state index contributed by atoms with van der Waals surface area (Å²) in [6, 6.07) is -0.334. The molecule has 2 amide bonds. The van der Waals surface area contributed by atoms with Crippen LogP contribution in [0.5, 0.6) is 0 Å². The third kappa shape index (κ3) is 2.15. The van der Waals surface area contributed by atoms with Gasteiger partial charge in [-0.1, -0.05) is 19.8 Å². The van der Waals surface area contributed by atoms with Crippen molar-refractivity contribution in [2.24, 2.45) is 5.92 Å². The molecule has 2 atom stereocenters. The van der Waals surface area contributed by atoms with Crippen LogP contribution < -0.4 is 0 Å². The monoisotopic (exact) mass is 264 g/mol. The quantitative estimate of drug-likeness (QED) is 0.779.